The second-order valence-corrected chi connectivity index (χ2v) is 9.84. The second kappa shape index (κ2) is 11.8. The van der Waals surface area contributed by atoms with Crippen molar-refractivity contribution in [2.24, 2.45) is 4.99 Å². The number of aromatic nitrogens is 2. The summed E-state index contributed by atoms with van der Waals surface area (Å²) in [6.45, 7) is 6.15. The first-order valence-corrected chi connectivity index (χ1v) is 13.4. The summed E-state index contributed by atoms with van der Waals surface area (Å²) >= 11 is 1.28. The van der Waals surface area contributed by atoms with Gasteiger partial charge in [-0.05, 0) is 37.8 Å². The van der Waals surface area contributed by atoms with Crippen LogP contribution >= 0.6 is 19.4 Å². The van der Waals surface area contributed by atoms with Gasteiger partial charge in [0.2, 0.25) is 0 Å². The van der Waals surface area contributed by atoms with E-state index in [9.17, 15) is 14.2 Å². The van der Waals surface area contributed by atoms with Crippen LogP contribution in [0.15, 0.2) is 34.3 Å². The van der Waals surface area contributed by atoms with Gasteiger partial charge >= 0.3 is 7.60 Å². The van der Waals surface area contributed by atoms with Gasteiger partial charge in [-0.25, -0.2) is 14.1 Å². The van der Waals surface area contributed by atoms with E-state index >= 15 is 0 Å². The predicted octanol–water partition coefficient (Wildman–Crippen LogP) is 4.42. The Bertz CT molecular complexity index is 1040. The number of nitriles is 1. The molecule has 1 aliphatic heterocycles. The molecule has 0 radical (unpaired) electrons. The van der Waals surface area contributed by atoms with E-state index < -0.39 is 19.2 Å². The summed E-state index contributed by atoms with van der Waals surface area (Å²) in [7, 11) is -3.85. The first-order valence-electron chi connectivity index (χ1n) is 10.5. The van der Waals surface area contributed by atoms with Gasteiger partial charge in [0.25, 0.3) is 0 Å². The minimum absolute atomic E-state index is 0.128. The lowest BCUT2D eigenvalue weighted by Gasteiger charge is -2.28. The number of aliphatic imine (C=N–C) groups is 1. The van der Waals surface area contributed by atoms with Gasteiger partial charge in [0.05, 0.1) is 32.8 Å². The summed E-state index contributed by atoms with van der Waals surface area (Å²) in [5, 5.41) is 14.9. The van der Waals surface area contributed by atoms with Crippen LogP contribution in [0.3, 0.4) is 0 Å². The first-order chi connectivity index (χ1) is 16.0. The molecule has 0 amide bonds. The van der Waals surface area contributed by atoms with Gasteiger partial charge < -0.3 is 18.7 Å². The lowest BCUT2D eigenvalue weighted by molar-refractivity contribution is 0.0701. The standard InChI is InChI=1S/C21H27FN5O4PS/c1-4-30-32(28,31-5-2)21(16-6-8-17(22)9-7-16)27-19(18(14-23)20(25-27)33-3)24-15-26-10-12-29-13-11-26/h6-9,15,21H,4-5,10-13H2,1-3H3/b24-15+. The molecule has 12 heteroatoms. The van der Waals surface area contributed by atoms with E-state index in [1.54, 1.807) is 26.4 Å². The zero-order valence-corrected chi connectivity index (χ0v) is 20.5. The summed E-state index contributed by atoms with van der Waals surface area (Å²) in [6.07, 6.45) is 3.43. The van der Waals surface area contributed by atoms with E-state index in [0.717, 1.165) is 0 Å². The molecule has 2 aromatic rings. The van der Waals surface area contributed by atoms with Crippen LogP contribution in [-0.4, -0.2) is 66.8 Å². The third-order valence-electron chi connectivity index (χ3n) is 4.86. The highest BCUT2D eigenvalue weighted by Crippen LogP contribution is 2.62. The number of ether oxygens (including phenoxy) is 1. The van der Waals surface area contributed by atoms with Crippen molar-refractivity contribution in [3.05, 3.63) is 41.2 Å². The van der Waals surface area contributed by atoms with E-state index in [4.69, 9.17) is 13.8 Å². The van der Waals surface area contributed by atoms with Crippen LogP contribution in [0.25, 0.3) is 0 Å². The van der Waals surface area contributed by atoms with Gasteiger partial charge in [-0.15, -0.1) is 11.8 Å². The topological polar surface area (TPSA) is 102 Å². The molecule has 1 unspecified atom stereocenters. The smallest absolute Gasteiger partial charge is 0.359 e. The third-order valence-corrected chi connectivity index (χ3v) is 7.89. The van der Waals surface area contributed by atoms with Crippen LogP contribution in [0.5, 0.6) is 0 Å². The monoisotopic (exact) mass is 495 g/mol. The molecule has 178 valence electrons. The van der Waals surface area contributed by atoms with Gasteiger partial charge in [-0.2, -0.15) is 10.4 Å². The number of rotatable bonds is 10. The number of hydrogen-bond acceptors (Lipinski definition) is 8. The zero-order valence-electron chi connectivity index (χ0n) is 18.8. The van der Waals surface area contributed by atoms with Gasteiger partial charge in [-0.3, -0.25) is 4.57 Å². The van der Waals surface area contributed by atoms with E-state index in [-0.39, 0.29) is 24.6 Å². The molecular weight excluding hydrogens is 468 g/mol. The molecule has 0 spiro atoms. The maximum atomic E-state index is 14.0. The zero-order chi connectivity index (χ0) is 23.8. The number of benzene rings is 1. The Morgan fingerprint density at radius 2 is 1.94 bits per heavy atom. The summed E-state index contributed by atoms with van der Waals surface area (Å²) in [5.41, 5.74) is 0.711. The molecule has 2 heterocycles. The Balaban J connectivity index is 2.21. The third kappa shape index (κ3) is 5.83. The number of hydrogen-bond donors (Lipinski definition) is 0. The largest absolute Gasteiger partial charge is 0.378 e. The molecular formula is C21H27FN5O4PS. The molecule has 0 aliphatic carbocycles. The maximum Gasteiger partial charge on any atom is 0.359 e. The average Bonchev–Trinajstić information content (AvgIpc) is 3.17. The molecule has 1 aromatic carbocycles. The summed E-state index contributed by atoms with van der Waals surface area (Å²) in [4.78, 5) is 6.54. The fourth-order valence-corrected chi connectivity index (χ4v) is 5.95. The highest BCUT2D eigenvalue weighted by molar-refractivity contribution is 7.98. The van der Waals surface area contributed by atoms with Crippen LogP contribution in [0.2, 0.25) is 0 Å². The van der Waals surface area contributed by atoms with Crippen molar-refractivity contribution in [3.8, 4) is 6.07 Å². The van der Waals surface area contributed by atoms with Crippen LogP contribution in [0.4, 0.5) is 10.2 Å². The van der Waals surface area contributed by atoms with Gasteiger partial charge in [0, 0.05) is 13.1 Å². The lowest BCUT2D eigenvalue weighted by Crippen LogP contribution is -2.35. The van der Waals surface area contributed by atoms with Gasteiger partial charge in [0.1, 0.15) is 22.5 Å². The Kier molecular flexibility index (Phi) is 9.06. The van der Waals surface area contributed by atoms with Crippen LogP contribution in [0.1, 0.15) is 30.8 Å². The van der Waals surface area contributed by atoms with Crippen LogP contribution < -0.4 is 0 Å². The minimum Gasteiger partial charge on any atom is -0.378 e. The Morgan fingerprint density at radius 3 is 2.48 bits per heavy atom. The molecule has 1 aliphatic rings. The SMILES string of the molecule is CCOP(=O)(OCC)C(c1ccc(F)cc1)n1nc(SC)c(C#N)c1/N=C/N1CCOCC1. The van der Waals surface area contributed by atoms with Crippen molar-refractivity contribution < 1.29 is 22.7 Å². The van der Waals surface area contributed by atoms with Crippen molar-refractivity contribution in [1.82, 2.24) is 14.7 Å². The molecule has 1 atom stereocenters. The Labute approximate surface area is 197 Å². The summed E-state index contributed by atoms with van der Waals surface area (Å²) < 4.78 is 45.7. The maximum absolute atomic E-state index is 14.0. The number of nitrogens with zero attached hydrogens (tertiary/aromatic N) is 5. The molecule has 1 saturated heterocycles. The fourth-order valence-electron chi connectivity index (χ4n) is 3.40. The first kappa shape index (κ1) is 25.4. The molecule has 0 saturated carbocycles. The normalized spacial score (nSPS) is 15.7. The number of halogens is 1. The molecule has 0 bridgehead atoms. The molecule has 1 fully saturated rings. The van der Waals surface area contributed by atoms with E-state index in [2.05, 4.69) is 16.2 Å². The van der Waals surface area contributed by atoms with E-state index in [0.29, 0.717) is 36.9 Å². The predicted molar refractivity (Wildman–Crippen MR) is 125 cm³/mol. The lowest BCUT2D eigenvalue weighted by atomic mass is 10.2. The van der Waals surface area contributed by atoms with Crippen molar-refractivity contribution in [2.45, 2.75) is 24.7 Å². The highest BCUT2D eigenvalue weighted by atomic mass is 32.2. The molecule has 1 aromatic heterocycles. The van der Waals surface area contributed by atoms with Crippen LogP contribution in [0, 0.1) is 17.1 Å². The van der Waals surface area contributed by atoms with Gasteiger partial charge in [-0.1, -0.05) is 12.1 Å². The van der Waals surface area contributed by atoms with Crippen molar-refractivity contribution in [2.75, 3.05) is 45.8 Å². The number of morpholine rings is 1. The Hall–Kier alpha value is -2.22. The minimum atomic E-state index is -3.85. The molecule has 3 rings (SSSR count). The van der Waals surface area contributed by atoms with E-state index in [1.807, 2.05) is 4.90 Å². The summed E-state index contributed by atoms with van der Waals surface area (Å²) in [6, 6.07) is 7.71. The number of thioether (sulfide) groups is 1. The second-order valence-electron chi connectivity index (χ2n) is 6.96. The molecule has 9 nitrogen and oxygen atoms in total. The summed E-state index contributed by atoms with van der Waals surface area (Å²) in [5.74, 6) is -1.28. The molecule has 33 heavy (non-hydrogen) atoms. The van der Waals surface area contributed by atoms with Crippen molar-refractivity contribution in [3.63, 3.8) is 0 Å². The van der Waals surface area contributed by atoms with Crippen molar-refractivity contribution >= 4 is 31.5 Å². The average molecular weight is 496 g/mol. The highest BCUT2D eigenvalue weighted by Gasteiger charge is 2.41. The fraction of sp³-hybridized carbons (Fsp3) is 0.476. The van der Waals surface area contributed by atoms with Crippen LogP contribution in [-0.2, 0) is 18.3 Å². The van der Waals surface area contributed by atoms with Crippen molar-refractivity contribution in [1.29, 1.82) is 5.26 Å². The van der Waals surface area contributed by atoms with E-state index in [1.165, 1.54) is 40.7 Å². The van der Waals surface area contributed by atoms with Gasteiger partial charge in [0.15, 0.2) is 11.6 Å². The molecule has 0 N–H and O–H groups in total. The quantitative estimate of drug-likeness (QED) is 0.207. The Morgan fingerprint density at radius 1 is 1.30 bits per heavy atom.